The molecule has 4 N–H and O–H groups in total. The van der Waals surface area contributed by atoms with Crippen molar-refractivity contribution in [2.75, 3.05) is 6.61 Å². The Kier molecular flexibility index (Phi) is 4.22. The Morgan fingerprint density at radius 2 is 1.80 bits per heavy atom. The van der Waals surface area contributed by atoms with Crippen molar-refractivity contribution in [3.8, 4) is 0 Å². The van der Waals surface area contributed by atoms with Gasteiger partial charge in [0, 0.05) is 0 Å². The number of hydrogen-bond donors (Lipinski definition) is 4. The molecule has 0 aromatic rings. The first kappa shape index (κ1) is 9.58. The summed E-state index contributed by atoms with van der Waals surface area (Å²) < 4.78 is 0. The summed E-state index contributed by atoms with van der Waals surface area (Å²) in [4.78, 5) is 0. The van der Waals surface area contributed by atoms with Crippen molar-refractivity contribution in [3.63, 3.8) is 0 Å². The van der Waals surface area contributed by atoms with Gasteiger partial charge in [0.1, 0.15) is 18.3 Å². The van der Waals surface area contributed by atoms with E-state index in [9.17, 15) is 0 Å². The predicted molar refractivity (Wildman–Crippen MR) is 35.3 cm³/mol. The molecule has 10 heavy (non-hydrogen) atoms. The number of aliphatic hydroxyl groups is 4. The van der Waals surface area contributed by atoms with Gasteiger partial charge in [-0.1, -0.05) is 6.08 Å². The lowest BCUT2D eigenvalue weighted by molar-refractivity contribution is -0.0609. The van der Waals surface area contributed by atoms with Crippen LogP contribution >= 0.6 is 0 Å². The average molecular weight is 148 g/mol. The maximum atomic E-state index is 8.85. The second-order valence-electron chi connectivity index (χ2n) is 1.97. The lowest BCUT2D eigenvalue weighted by Gasteiger charge is -2.18. The zero-order valence-corrected chi connectivity index (χ0v) is 5.51. The molecular weight excluding hydrogens is 136 g/mol. The SMILES string of the molecule is C=C[C@H](O)[C@@H](O)[C@H](O)CO. The molecule has 0 unspecified atom stereocenters. The molecule has 0 aromatic carbocycles. The lowest BCUT2D eigenvalue weighted by atomic mass is 10.1. The van der Waals surface area contributed by atoms with Gasteiger partial charge in [-0.15, -0.1) is 6.58 Å². The minimum Gasteiger partial charge on any atom is -0.394 e. The molecule has 0 rings (SSSR count). The molecular formula is C6H12O4. The zero-order valence-electron chi connectivity index (χ0n) is 5.51. The maximum absolute atomic E-state index is 8.85. The van der Waals surface area contributed by atoms with E-state index in [0.29, 0.717) is 0 Å². The van der Waals surface area contributed by atoms with Crippen LogP contribution in [0.2, 0.25) is 0 Å². The number of rotatable bonds is 4. The monoisotopic (exact) mass is 148 g/mol. The fraction of sp³-hybridized carbons (Fsp3) is 0.667. The third-order valence-corrected chi connectivity index (χ3v) is 1.17. The van der Waals surface area contributed by atoms with Crippen molar-refractivity contribution in [1.29, 1.82) is 0 Å². The summed E-state index contributed by atoms with van der Waals surface area (Å²) in [6.07, 6.45) is -2.78. The van der Waals surface area contributed by atoms with Crippen LogP contribution in [0.3, 0.4) is 0 Å². The second-order valence-corrected chi connectivity index (χ2v) is 1.97. The minimum atomic E-state index is -1.36. The quantitative estimate of drug-likeness (QED) is 0.356. The Hall–Kier alpha value is -0.420. The fourth-order valence-corrected chi connectivity index (χ4v) is 0.475. The van der Waals surface area contributed by atoms with Gasteiger partial charge in [0.2, 0.25) is 0 Å². The Bertz CT molecular complexity index is 104. The van der Waals surface area contributed by atoms with Crippen molar-refractivity contribution < 1.29 is 20.4 Å². The summed E-state index contributed by atoms with van der Waals surface area (Å²) in [6.45, 7) is 2.62. The summed E-state index contributed by atoms with van der Waals surface area (Å²) in [7, 11) is 0. The van der Waals surface area contributed by atoms with E-state index in [2.05, 4.69) is 6.58 Å². The molecule has 0 fully saturated rings. The smallest absolute Gasteiger partial charge is 0.112 e. The number of aliphatic hydroxyl groups excluding tert-OH is 4. The highest BCUT2D eigenvalue weighted by atomic mass is 16.4. The Labute approximate surface area is 59.1 Å². The first-order valence-electron chi connectivity index (χ1n) is 2.91. The molecule has 4 heteroatoms. The molecule has 4 nitrogen and oxygen atoms in total. The van der Waals surface area contributed by atoms with Gasteiger partial charge in [0.25, 0.3) is 0 Å². The Balaban J connectivity index is 3.80. The zero-order chi connectivity index (χ0) is 8.15. The van der Waals surface area contributed by atoms with Gasteiger partial charge in [-0.05, 0) is 0 Å². The summed E-state index contributed by atoms with van der Waals surface area (Å²) in [5.74, 6) is 0. The molecule has 0 heterocycles. The van der Waals surface area contributed by atoms with Gasteiger partial charge < -0.3 is 20.4 Å². The van der Waals surface area contributed by atoms with E-state index >= 15 is 0 Å². The van der Waals surface area contributed by atoms with Crippen molar-refractivity contribution in [1.82, 2.24) is 0 Å². The first-order chi connectivity index (χ1) is 4.63. The molecule has 0 saturated carbocycles. The molecule has 60 valence electrons. The van der Waals surface area contributed by atoms with Crippen LogP contribution in [-0.2, 0) is 0 Å². The Morgan fingerprint density at radius 1 is 1.30 bits per heavy atom. The molecule has 0 aromatic heterocycles. The van der Waals surface area contributed by atoms with Gasteiger partial charge >= 0.3 is 0 Å². The third kappa shape index (κ3) is 2.45. The van der Waals surface area contributed by atoms with Crippen LogP contribution in [0, 0.1) is 0 Å². The van der Waals surface area contributed by atoms with E-state index in [-0.39, 0.29) is 0 Å². The largest absolute Gasteiger partial charge is 0.394 e. The molecule has 0 radical (unpaired) electrons. The fourth-order valence-electron chi connectivity index (χ4n) is 0.475. The highest BCUT2D eigenvalue weighted by Gasteiger charge is 2.20. The van der Waals surface area contributed by atoms with Crippen molar-refractivity contribution in [2.24, 2.45) is 0 Å². The van der Waals surface area contributed by atoms with E-state index in [0.717, 1.165) is 6.08 Å². The highest BCUT2D eigenvalue weighted by Crippen LogP contribution is 1.99. The summed E-state index contributed by atoms with van der Waals surface area (Å²) in [6, 6.07) is 0. The van der Waals surface area contributed by atoms with Crippen LogP contribution in [0.15, 0.2) is 12.7 Å². The van der Waals surface area contributed by atoms with E-state index in [1.54, 1.807) is 0 Å². The van der Waals surface area contributed by atoms with Crippen LogP contribution in [0.25, 0.3) is 0 Å². The van der Waals surface area contributed by atoms with Crippen molar-refractivity contribution in [2.45, 2.75) is 18.3 Å². The highest BCUT2D eigenvalue weighted by molar-refractivity contribution is 4.87. The lowest BCUT2D eigenvalue weighted by Crippen LogP contribution is -2.38. The van der Waals surface area contributed by atoms with E-state index in [1.807, 2.05) is 0 Å². The maximum Gasteiger partial charge on any atom is 0.112 e. The van der Waals surface area contributed by atoms with Crippen LogP contribution < -0.4 is 0 Å². The summed E-state index contributed by atoms with van der Waals surface area (Å²) >= 11 is 0. The molecule has 0 spiro atoms. The van der Waals surface area contributed by atoms with Crippen LogP contribution in [0.5, 0.6) is 0 Å². The van der Waals surface area contributed by atoms with E-state index in [4.69, 9.17) is 20.4 Å². The molecule has 3 atom stereocenters. The first-order valence-corrected chi connectivity index (χ1v) is 2.91. The summed E-state index contributed by atoms with van der Waals surface area (Å²) in [5, 5.41) is 34.7. The van der Waals surface area contributed by atoms with Gasteiger partial charge in [0.05, 0.1) is 6.61 Å². The van der Waals surface area contributed by atoms with Gasteiger partial charge in [-0.3, -0.25) is 0 Å². The van der Waals surface area contributed by atoms with Gasteiger partial charge in [-0.2, -0.15) is 0 Å². The minimum absolute atomic E-state index is 0.577. The third-order valence-electron chi connectivity index (χ3n) is 1.17. The van der Waals surface area contributed by atoms with Crippen molar-refractivity contribution >= 4 is 0 Å². The van der Waals surface area contributed by atoms with Crippen LogP contribution in [0.4, 0.5) is 0 Å². The predicted octanol–water partition coefficient (Wildman–Crippen LogP) is -1.75. The van der Waals surface area contributed by atoms with Gasteiger partial charge in [0.15, 0.2) is 0 Å². The average Bonchev–Trinajstić information content (AvgIpc) is 2.00. The molecule has 0 bridgehead atoms. The van der Waals surface area contributed by atoms with E-state index < -0.39 is 24.9 Å². The van der Waals surface area contributed by atoms with Crippen LogP contribution in [0.1, 0.15) is 0 Å². The van der Waals surface area contributed by atoms with Gasteiger partial charge in [-0.25, -0.2) is 0 Å². The molecule has 0 aliphatic carbocycles. The normalized spacial score (nSPS) is 19.6. The van der Waals surface area contributed by atoms with Crippen LogP contribution in [-0.4, -0.2) is 45.3 Å². The molecule has 0 aliphatic heterocycles. The molecule has 0 aliphatic rings. The summed E-state index contributed by atoms with van der Waals surface area (Å²) in [5.41, 5.74) is 0. The number of hydrogen-bond acceptors (Lipinski definition) is 4. The second kappa shape index (κ2) is 4.40. The van der Waals surface area contributed by atoms with E-state index in [1.165, 1.54) is 0 Å². The molecule has 0 amide bonds. The Morgan fingerprint density at radius 3 is 2.10 bits per heavy atom. The topological polar surface area (TPSA) is 80.9 Å². The van der Waals surface area contributed by atoms with Crippen molar-refractivity contribution in [3.05, 3.63) is 12.7 Å². The standard InChI is InChI=1S/C6H12O4/c1-2-4(8)6(10)5(9)3-7/h2,4-10H,1,3H2/t4-,5+,6+/m0/s1. The molecule has 0 saturated heterocycles.